The molecular weight excluding hydrogens is 208 g/mol. The van der Waals surface area contributed by atoms with Gasteiger partial charge >= 0.3 is 0 Å². The Morgan fingerprint density at radius 3 is 2.60 bits per heavy atom. The minimum absolute atomic E-state index is 0.161. The molecule has 15 heavy (non-hydrogen) atoms. The number of carbonyl (C=O) groups excluding carboxylic acids is 1. The highest BCUT2D eigenvalue weighted by atomic mass is 32.2. The monoisotopic (exact) mass is 224 g/mol. The van der Waals surface area contributed by atoms with Gasteiger partial charge in [-0.3, -0.25) is 4.79 Å². The van der Waals surface area contributed by atoms with E-state index in [0.717, 1.165) is 21.8 Å². The zero-order valence-electron chi connectivity index (χ0n) is 9.59. The normalized spacial score (nSPS) is 10.1. The lowest BCUT2D eigenvalue weighted by atomic mass is 10.0. The number of benzene rings is 1. The Bertz CT molecular complexity index is 372. The summed E-state index contributed by atoms with van der Waals surface area (Å²) < 4.78 is 5.35. The van der Waals surface area contributed by atoms with E-state index >= 15 is 0 Å². The van der Waals surface area contributed by atoms with E-state index in [1.165, 1.54) is 0 Å². The fraction of sp³-hybridized carbons (Fsp3) is 0.417. The van der Waals surface area contributed by atoms with Crippen LogP contribution in [0, 0.1) is 6.92 Å². The maximum Gasteiger partial charge on any atom is 0.134 e. The van der Waals surface area contributed by atoms with E-state index < -0.39 is 0 Å². The lowest BCUT2D eigenvalue weighted by Gasteiger charge is -2.13. The van der Waals surface area contributed by atoms with Crippen LogP contribution in [0.2, 0.25) is 0 Å². The number of hydrogen-bond acceptors (Lipinski definition) is 3. The van der Waals surface area contributed by atoms with Crippen molar-refractivity contribution in [2.45, 2.75) is 25.2 Å². The molecule has 0 atom stereocenters. The first-order chi connectivity index (χ1) is 7.10. The third-order valence-corrected chi connectivity index (χ3v) is 3.09. The summed E-state index contributed by atoms with van der Waals surface area (Å²) in [5.74, 6) is 1.01. The van der Waals surface area contributed by atoms with Crippen molar-refractivity contribution in [3.05, 3.63) is 23.3 Å². The van der Waals surface area contributed by atoms with Crippen LogP contribution in [-0.4, -0.2) is 19.1 Å². The van der Waals surface area contributed by atoms with Crippen molar-refractivity contribution < 1.29 is 9.53 Å². The van der Waals surface area contributed by atoms with Crippen LogP contribution in [0.1, 0.15) is 18.1 Å². The van der Waals surface area contributed by atoms with Gasteiger partial charge in [0.15, 0.2) is 0 Å². The predicted molar refractivity (Wildman–Crippen MR) is 63.9 cm³/mol. The molecule has 2 nitrogen and oxygen atoms in total. The summed E-state index contributed by atoms with van der Waals surface area (Å²) in [7, 11) is 1.65. The van der Waals surface area contributed by atoms with Crippen LogP contribution < -0.4 is 4.74 Å². The molecule has 0 saturated carbocycles. The number of rotatable bonds is 4. The third-order valence-electron chi connectivity index (χ3n) is 2.26. The average Bonchev–Trinajstić information content (AvgIpc) is 2.18. The lowest BCUT2D eigenvalue weighted by Crippen LogP contribution is -2.02. The van der Waals surface area contributed by atoms with Crippen molar-refractivity contribution in [1.29, 1.82) is 0 Å². The van der Waals surface area contributed by atoms with E-state index in [1.54, 1.807) is 25.8 Å². The molecule has 3 heteroatoms. The second-order valence-corrected chi connectivity index (χ2v) is 4.32. The zero-order valence-corrected chi connectivity index (χ0v) is 10.4. The number of thioether (sulfide) groups is 1. The van der Waals surface area contributed by atoms with Gasteiger partial charge in [-0.25, -0.2) is 0 Å². The Morgan fingerprint density at radius 2 is 2.13 bits per heavy atom. The van der Waals surface area contributed by atoms with Crippen LogP contribution in [0.5, 0.6) is 5.75 Å². The van der Waals surface area contributed by atoms with E-state index in [9.17, 15) is 4.79 Å². The molecular formula is C12H16O2S. The van der Waals surface area contributed by atoms with Crippen LogP contribution in [0.25, 0.3) is 0 Å². The summed E-state index contributed by atoms with van der Waals surface area (Å²) in [4.78, 5) is 12.3. The summed E-state index contributed by atoms with van der Waals surface area (Å²) >= 11 is 1.64. The number of ether oxygens (including phenoxy) is 1. The fourth-order valence-electron chi connectivity index (χ4n) is 1.62. The van der Waals surface area contributed by atoms with Gasteiger partial charge in [-0.2, -0.15) is 0 Å². The molecule has 1 aromatic rings. The molecule has 0 radical (unpaired) electrons. The van der Waals surface area contributed by atoms with E-state index in [-0.39, 0.29) is 5.78 Å². The topological polar surface area (TPSA) is 26.3 Å². The highest BCUT2D eigenvalue weighted by molar-refractivity contribution is 7.98. The summed E-state index contributed by atoms with van der Waals surface area (Å²) in [6.45, 7) is 3.60. The van der Waals surface area contributed by atoms with Gasteiger partial charge in [0.2, 0.25) is 0 Å². The molecule has 82 valence electrons. The molecule has 0 aliphatic rings. The summed E-state index contributed by atoms with van der Waals surface area (Å²) in [5.41, 5.74) is 2.09. The van der Waals surface area contributed by atoms with Crippen LogP contribution >= 0.6 is 11.8 Å². The first kappa shape index (κ1) is 12.1. The van der Waals surface area contributed by atoms with Crippen molar-refractivity contribution in [1.82, 2.24) is 0 Å². The van der Waals surface area contributed by atoms with Crippen molar-refractivity contribution >= 4 is 17.5 Å². The Labute approximate surface area is 95.0 Å². The minimum Gasteiger partial charge on any atom is -0.496 e. The molecule has 0 amide bonds. The van der Waals surface area contributed by atoms with Gasteiger partial charge in [0.05, 0.1) is 7.11 Å². The first-order valence-electron chi connectivity index (χ1n) is 4.80. The fourth-order valence-corrected chi connectivity index (χ4v) is 2.23. The molecule has 0 aliphatic heterocycles. The van der Waals surface area contributed by atoms with Gasteiger partial charge in [0.1, 0.15) is 11.5 Å². The Hall–Kier alpha value is -0.960. The summed E-state index contributed by atoms with van der Waals surface area (Å²) in [6, 6.07) is 4.06. The van der Waals surface area contributed by atoms with Crippen molar-refractivity contribution in [3.63, 3.8) is 0 Å². The van der Waals surface area contributed by atoms with Gasteiger partial charge in [-0.15, -0.1) is 11.8 Å². The quantitative estimate of drug-likeness (QED) is 0.736. The first-order valence-corrected chi connectivity index (χ1v) is 6.02. The van der Waals surface area contributed by atoms with Gasteiger partial charge in [-0.1, -0.05) is 6.07 Å². The molecule has 0 saturated heterocycles. The molecule has 1 aromatic carbocycles. The average molecular weight is 224 g/mol. The molecule has 0 aromatic heterocycles. The standard InChI is InChI=1S/C12H16O2S/c1-8-5-6-11(15-4)10(7-9(2)13)12(8)14-3/h5-6H,7H2,1-4H3. The Kier molecular flexibility index (Phi) is 4.21. The van der Waals surface area contributed by atoms with Gasteiger partial charge in [0, 0.05) is 16.9 Å². The molecule has 0 fully saturated rings. The van der Waals surface area contributed by atoms with E-state index in [1.807, 2.05) is 25.3 Å². The second-order valence-electron chi connectivity index (χ2n) is 3.48. The van der Waals surface area contributed by atoms with Crippen LogP contribution in [0.4, 0.5) is 0 Å². The van der Waals surface area contributed by atoms with Crippen LogP contribution in [0.15, 0.2) is 17.0 Å². The number of Topliss-reactive ketones (excluding diaryl/α,β-unsaturated/α-hetero) is 1. The van der Waals surface area contributed by atoms with E-state index in [2.05, 4.69) is 0 Å². The molecule has 0 spiro atoms. The number of carbonyl (C=O) groups is 1. The number of hydrogen-bond donors (Lipinski definition) is 0. The molecule has 1 rings (SSSR count). The molecule has 0 heterocycles. The molecule has 0 bridgehead atoms. The number of ketones is 1. The lowest BCUT2D eigenvalue weighted by molar-refractivity contribution is -0.116. The third kappa shape index (κ3) is 2.75. The van der Waals surface area contributed by atoms with Crippen molar-refractivity contribution in [2.75, 3.05) is 13.4 Å². The summed E-state index contributed by atoms with van der Waals surface area (Å²) in [6.07, 6.45) is 2.45. The Balaban J connectivity index is 3.26. The van der Waals surface area contributed by atoms with Gasteiger partial charge < -0.3 is 4.74 Å². The van der Waals surface area contributed by atoms with E-state index in [0.29, 0.717) is 6.42 Å². The molecule has 0 aliphatic carbocycles. The van der Waals surface area contributed by atoms with Gasteiger partial charge in [-0.05, 0) is 31.7 Å². The highest BCUT2D eigenvalue weighted by Crippen LogP contribution is 2.32. The number of methoxy groups -OCH3 is 1. The predicted octanol–water partition coefficient (Wildman–Crippen LogP) is 2.86. The van der Waals surface area contributed by atoms with Gasteiger partial charge in [0.25, 0.3) is 0 Å². The zero-order chi connectivity index (χ0) is 11.4. The summed E-state index contributed by atoms with van der Waals surface area (Å²) in [5, 5.41) is 0. The van der Waals surface area contributed by atoms with Crippen molar-refractivity contribution in [3.8, 4) is 5.75 Å². The highest BCUT2D eigenvalue weighted by Gasteiger charge is 2.12. The van der Waals surface area contributed by atoms with Crippen LogP contribution in [0.3, 0.4) is 0 Å². The van der Waals surface area contributed by atoms with Crippen molar-refractivity contribution in [2.24, 2.45) is 0 Å². The molecule has 0 N–H and O–H groups in total. The number of aryl methyl sites for hydroxylation is 1. The van der Waals surface area contributed by atoms with Crippen LogP contribution in [-0.2, 0) is 11.2 Å². The largest absolute Gasteiger partial charge is 0.496 e. The minimum atomic E-state index is 0.161. The Morgan fingerprint density at radius 1 is 1.47 bits per heavy atom. The maximum absolute atomic E-state index is 11.2. The SMILES string of the molecule is COc1c(C)ccc(SC)c1CC(C)=O. The smallest absolute Gasteiger partial charge is 0.134 e. The maximum atomic E-state index is 11.2. The van der Waals surface area contributed by atoms with E-state index in [4.69, 9.17) is 4.74 Å². The molecule has 0 unspecified atom stereocenters. The second kappa shape index (κ2) is 5.21.